The Morgan fingerprint density at radius 1 is 1.15 bits per heavy atom. The van der Waals surface area contributed by atoms with Gasteiger partial charge in [-0.1, -0.05) is 60.9 Å². The van der Waals surface area contributed by atoms with E-state index < -0.39 is 0 Å². The lowest BCUT2D eigenvalue weighted by atomic mass is 10.1. The van der Waals surface area contributed by atoms with Gasteiger partial charge in [0.1, 0.15) is 0 Å². The van der Waals surface area contributed by atoms with Crippen LogP contribution in [0.1, 0.15) is 58.8 Å². The van der Waals surface area contributed by atoms with Crippen molar-refractivity contribution in [3.05, 3.63) is 12.2 Å². The Bertz CT molecular complexity index is 118. The summed E-state index contributed by atoms with van der Waals surface area (Å²) < 4.78 is 0.910. The second-order valence-corrected chi connectivity index (χ2v) is 5.33. The molecule has 0 spiro atoms. The van der Waals surface area contributed by atoms with Crippen LogP contribution < -0.4 is 0 Å². The Balaban J connectivity index is 2.99. The standard InChI is InChI=1S/C12H23I/c1-3-5-6-7-8-9-10-11-12(13)4-2/h3,5,12H,4,6-11H2,1-2H3. The van der Waals surface area contributed by atoms with E-state index in [0.29, 0.717) is 0 Å². The van der Waals surface area contributed by atoms with Gasteiger partial charge in [-0.05, 0) is 32.6 Å². The summed E-state index contributed by atoms with van der Waals surface area (Å²) in [5.41, 5.74) is 0. The lowest BCUT2D eigenvalue weighted by Crippen LogP contribution is -1.93. The monoisotopic (exact) mass is 294 g/mol. The van der Waals surface area contributed by atoms with E-state index in [-0.39, 0.29) is 0 Å². The topological polar surface area (TPSA) is 0 Å². The number of rotatable bonds is 8. The molecule has 0 bridgehead atoms. The average molecular weight is 294 g/mol. The Kier molecular flexibility index (Phi) is 10.9. The Morgan fingerprint density at radius 2 is 1.85 bits per heavy atom. The van der Waals surface area contributed by atoms with Crippen LogP contribution in [0.3, 0.4) is 0 Å². The summed E-state index contributed by atoms with van der Waals surface area (Å²) >= 11 is 2.57. The van der Waals surface area contributed by atoms with Gasteiger partial charge in [-0.15, -0.1) is 0 Å². The second kappa shape index (κ2) is 10.6. The highest BCUT2D eigenvalue weighted by Gasteiger charge is 1.98. The lowest BCUT2D eigenvalue weighted by Gasteiger charge is -2.05. The molecule has 0 rings (SSSR count). The molecule has 0 aliphatic rings. The van der Waals surface area contributed by atoms with Crippen molar-refractivity contribution in [3.8, 4) is 0 Å². The van der Waals surface area contributed by atoms with Crippen molar-refractivity contribution in [2.75, 3.05) is 0 Å². The van der Waals surface area contributed by atoms with Crippen LogP contribution in [0.15, 0.2) is 12.2 Å². The number of alkyl halides is 1. The van der Waals surface area contributed by atoms with E-state index in [4.69, 9.17) is 0 Å². The molecule has 0 nitrogen and oxygen atoms in total. The molecule has 1 atom stereocenters. The zero-order valence-electron chi connectivity index (χ0n) is 9.06. The summed E-state index contributed by atoms with van der Waals surface area (Å²) in [4.78, 5) is 0. The maximum Gasteiger partial charge on any atom is 0.0107 e. The fourth-order valence-corrected chi connectivity index (χ4v) is 1.79. The smallest absolute Gasteiger partial charge is 0.0107 e. The molecule has 0 radical (unpaired) electrons. The van der Waals surface area contributed by atoms with E-state index in [1.807, 2.05) is 0 Å². The van der Waals surface area contributed by atoms with Crippen LogP contribution in [0.25, 0.3) is 0 Å². The molecule has 0 fully saturated rings. The van der Waals surface area contributed by atoms with Crippen LogP contribution in [0, 0.1) is 0 Å². The summed E-state index contributed by atoms with van der Waals surface area (Å²) in [6, 6.07) is 0. The van der Waals surface area contributed by atoms with Gasteiger partial charge < -0.3 is 0 Å². The summed E-state index contributed by atoms with van der Waals surface area (Å²) in [6.07, 6.45) is 14.1. The van der Waals surface area contributed by atoms with Crippen molar-refractivity contribution in [1.29, 1.82) is 0 Å². The number of hydrogen-bond acceptors (Lipinski definition) is 0. The molecule has 0 aromatic rings. The zero-order chi connectivity index (χ0) is 9.94. The van der Waals surface area contributed by atoms with Crippen molar-refractivity contribution in [3.63, 3.8) is 0 Å². The van der Waals surface area contributed by atoms with Gasteiger partial charge in [-0.3, -0.25) is 0 Å². The minimum Gasteiger partial charge on any atom is -0.0917 e. The molecule has 0 aliphatic heterocycles. The van der Waals surface area contributed by atoms with Crippen LogP contribution in [-0.2, 0) is 0 Å². The van der Waals surface area contributed by atoms with E-state index in [0.717, 1.165) is 3.92 Å². The first-order valence-electron chi connectivity index (χ1n) is 5.56. The first kappa shape index (κ1) is 13.5. The Labute approximate surface area is 97.3 Å². The van der Waals surface area contributed by atoms with E-state index in [1.54, 1.807) is 0 Å². The summed E-state index contributed by atoms with van der Waals surface area (Å²) in [5, 5.41) is 0. The average Bonchev–Trinajstić information content (AvgIpc) is 2.16. The van der Waals surface area contributed by atoms with Gasteiger partial charge in [0.05, 0.1) is 0 Å². The van der Waals surface area contributed by atoms with Gasteiger partial charge in [-0.25, -0.2) is 0 Å². The largest absolute Gasteiger partial charge is 0.0917 e. The number of unbranched alkanes of at least 4 members (excludes halogenated alkanes) is 4. The predicted molar refractivity (Wildman–Crippen MR) is 70.6 cm³/mol. The molecule has 1 unspecified atom stereocenters. The van der Waals surface area contributed by atoms with Gasteiger partial charge in [-0.2, -0.15) is 0 Å². The van der Waals surface area contributed by atoms with Crippen molar-refractivity contribution in [2.24, 2.45) is 0 Å². The fraction of sp³-hybridized carbons (Fsp3) is 0.833. The highest BCUT2D eigenvalue weighted by Crippen LogP contribution is 2.15. The van der Waals surface area contributed by atoms with Crippen molar-refractivity contribution >= 4 is 22.6 Å². The van der Waals surface area contributed by atoms with Crippen molar-refractivity contribution in [2.45, 2.75) is 62.7 Å². The normalized spacial score (nSPS) is 13.8. The molecule has 0 N–H and O–H groups in total. The SMILES string of the molecule is CC=CCCCCCCC(I)CC. The highest BCUT2D eigenvalue weighted by molar-refractivity contribution is 14.1. The third-order valence-corrected chi connectivity index (χ3v) is 3.82. The van der Waals surface area contributed by atoms with Gasteiger partial charge in [0.25, 0.3) is 0 Å². The number of hydrogen-bond donors (Lipinski definition) is 0. The Morgan fingerprint density at radius 3 is 2.46 bits per heavy atom. The molecule has 78 valence electrons. The third kappa shape index (κ3) is 10.4. The zero-order valence-corrected chi connectivity index (χ0v) is 11.2. The molecule has 0 aliphatic carbocycles. The Hall–Kier alpha value is 0.470. The summed E-state index contributed by atoms with van der Waals surface area (Å²) in [5.74, 6) is 0. The van der Waals surface area contributed by atoms with E-state index in [2.05, 4.69) is 48.6 Å². The van der Waals surface area contributed by atoms with E-state index in [9.17, 15) is 0 Å². The minimum atomic E-state index is 0.910. The third-order valence-electron chi connectivity index (χ3n) is 2.32. The van der Waals surface area contributed by atoms with Gasteiger partial charge in [0.15, 0.2) is 0 Å². The van der Waals surface area contributed by atoms with Gasteiger partial charge >= 0.3 is 0 Å². The second-order valence-electron chi connectivity index (χ2n) is 3.57. The van der Waals surface area contributed by atoms with Crippen LogP contribution in [0.4, 0.5) is 0 Å². The molecule has 0 heterocycles. The fourth-order valence-electron chi connectivity index (χ4n) is 1.35. The summed E-state index contributed by atoms with van der Waals surface area (Å²) in [7, 11) is 0. The van der Waals surface area contributed by atoms with Crippen molar-refractivity contribution < 1.29 is 0 Å². The van der Waals surface area contributed by atoms with Crippen LogP contribution in [0.2, 0.25) is 0 Å². The summed E-state index contributed by atoms with van der Waals surface area (Å²) in [6.45, 7) is 4.38. The van der Waals surface area contributed by atoms with E-state index >= 15 is 0 Å². The van der Waals surface area contributed by atoms with Gasteiger partial charge in [0.2, 0.25) is 0 Å². The molecule has 1 heteroatoms. The van der Waals surface area contributed by atoms with E-state index in [1.165, 1.54) is 44.9 Å². The molecule has 0 aromatic carbocycles. The lowest BCUT2D eigenvalue weighted by molar-refractivity contribution is 0.607. The molecule has 0 amide bonds. The molecule has 13 heavy (non-hydrogen) atoms. The number of allylic oxidation sites excluding steroid dienone is 2. The van der Waals surface area contributed by atoms with Crippen LogP contribution in [0.5, 0.6) is 0 Å². The first-order valence-corrected chi connectivity index (χ1v) is 6.81. The van der Waals surface area contributed by atoms with Gasteiger partial charge in [0, 0.05) is 3.92 Å². The van der Waals surface area contributed by atoms with Crippen LogP contribution >= 0.6 is 22.6 Å². The van der Waals surface area contributed by atoms with Crippen molar-refractivity contribution in [1.82, 2.24) is 0 Å². The first-order chi connectivity index (χ1) is 6.31. The maximum absolute atomic E-state index is 2.57. The quantitative estimate of drug-likeness (QED) is 0.252. The molecular weight excluding hydrogens is 271 g/mol. The predicted octanol–water partition coefficient (Wildman–Crippen LogP) is 5.12. The van der Waals surface area contributed by atoms with Crippen LogP contribution in [-0.4, -0.2) is 3.92 Å². The molecule has 0 aromatic heterocycles. The minimum absolute atomic E-state index is 0.910. The highest BCUT2D eigenvalue weighted by atomic mass is 127. The molecule has 0 saturated heterocycles. The number of halogens is 1. The molecule has 0 saturated carbocycles. The maximum atomic E-state index is 2.57. The molecular formula is C12H23I.